The second kappa shape index (κ2) is 5.31. The summed E-state index contributed by atoms with van der Waals surface area (Å²) in [4.78, 5) is 24.9. The molecule has 0 aromatic carbocycles. The molecule has 0 spiro atoms. The predicted octanol–water partition coefficient (Wildman–Crippen LogP) is 2.22. The van der Waals surface area contributed by atoms with Crippen molar-refractivity contribution in [2.45, 2.75) is 25.1 Å². The molecule has 112 valence electrons. The van der Waals surface area contributed by atoms with Crippen LogP contribution < -0.4 is 5.32 Å². The van der Waals surface area contributed by atoms with Crippen LogP contribution in [0.15, 0.2) is 5.38 Å². The number of carbonyl (C=O) groups is 2. The Kier molecular flexibility index (Phi) is 4.32. The zero-order chi connectivity index (χ0) is 15.7. The Hall–Kier alpha value is -1.78. The van der Waals surface area contributed by atoms with Crippen LogP contribution in [0.25, 0.3) is 0 Å². The Morgan fingerprint density at radius 3 is 2.30 bits per heavy atom. The van der Waals surface area contributed by atoms with Crippen molar-refractivity contribution in [1.82, 2.24) is 10.3 Å². The van der Waals surface area contributed by atoms with E-state index in [-0.39, 0.29) is 5.01 Å². The molecule has 5 nitrogen and oxygen atoms in total. The second-order valence-corrected chi connectivity index (χ2v) is 4.53. The average molecular weight is 318 g/mol. The van der Waals surface area contributed by atoms with Gasteiger partial charge in [-0.3, -0.25) is 4.79 Å². The molecule has 1 rings (SSSR count). The van der Waals surface area contributed by atoms with Crippen LogP contribution in [0.5, 0.6) is 0 Å². The number of hydrogen-bond donors (Lipinski definition) is 2. The molecule has 0 fully saturated rings. The van der Waals surface area contributed by atoms with Crippen LogP contribution in [-0.4, -0.2) is 34.1 Å². The molecule has 0 saturated heterocycles. The number of aromatic carboxylic acids is 1. The summed E-state index contributed by atoms with van der Waals surface area (Å²) in [6.07, 6.45) is -6.01. The minimum Gasteiger partial charge on any atom is -0.476 e. The van der Waals surface area contributed by atoms with E-state index in [9.17, 15) is 31.5 Å². The number of amides is 1. The summed E-state index contributed by atoms with van der Waals surface area (Å²) < 4.78 is 61.2. The summed E-state index contributed by atoms with van der Waals surface area (Å²) in [5.74, 6) is -9.44. The Morgan fingerprint density at radius 1 is 1.35 bits per heavy atom. The van der Waals surface area contributed by atoms with Crippen molar-refractivity contribution in [3.63, 3.8) is 0 Å². The molecule has 2 N–H and O–H groups in total. The first-order valence-electron chi connectivity index (χ1n) is 4.91. The summed E-state index contributed by atoms with van der Waals surface area (Å²) >= 11 is 0.713. The molecule has 1 unspecified atom stereocenters. The van der Waals surface area contributed by atoms with Gasteiger partial charge in [0, 0.05) is 5.38 Å². The fourth-order valence-electron chi connectivity index (χ4n) is 1.06. The van der Waals surface area contributed by atoms with Crippen molar-refractivity contribution in [3.8, 4) is 0 Å². The number of hydrogen-bond acceptors (Lipinski definition) is 4. The lowest BCUT2D eigenvalue weighted by atomic mass is 10.2. The molecule has 1 aromatic heterocycles. The third-order valence-corrected chi connectivity index (χ3v) is 3.13. The lowest BCUT2D eigenvalue weighted by molar-refractivity contribution is -0.270. The van der Waals surface area contributed by atoms with Crippen LogP contribution in [0.2, 0.25) is 0 Å². The fraction of sp³-hybridized carbons (Fsp3) is 0.444. The van der Waals surface area contributed by atoms with Crippen molar-refractivity contribution in [2.24, 2.45) is 0 Å². The zero-order valence-corrected chi connectivity index (χ0v) is 10.5. The van der Waals surface area contributed by atoms with Crippen LogP contribution in [0.1, 0.15) is 28.5 Å². The first-order valence-corrected chi connectivity index (χ1v) is 5.79. The summed E-state index contributed by atoms with van der Waals surface area (Å²) in [5.41, 5.74) is -0.395. The molecule has 1 atom stereocenters. The van der Waals surface area contributed by atoms with Gasteiger partial charge < -0.3 is 10.4 Å². The van der Waals surface area contributed by atoms with Crippen LogP contribution in [0, 0.1) is 0 Å². The van der Waals surface area contributed by atoms with E-state index in [0.717, 1.165) is 12.3 Å². The monoisotopic (exact) mass is 318 g/mol. The van der Waals surface area contributed by atoms with Crippen molar-refractivity contribution in [2.75, 3.05) is 0 Å². The normalized spacial score (nSPS) is 13.9. The van der Waals surface area contributed by atoms with Crippen molar-refractivity contribution in [3.05, 3.63) is 16.1 Å². The topological polar surface area (TPSA) is 79.3 Å². The predicted molar refractivity (Wildman–Crippen MR) is 56.6 cm³/mol. The molecule has 20 heavy (non-hydrogen) atoms. The third-order valence-electron chi connectivity index (χ3n) is 2.10. The van der Waals surface area contributed by atoms with Crippen LogP contribution >= 0.6 is 11.3 Å². The zero-order valence-electron chi connectivity index (χ0n) is 9.66. The van der Waals surface area contributed by atoms with Gasteiger partial charge in [0.15, 0.2) is 5.69 Å². The Bertz CT molecular complexity index is 528. The second-order valence-electron chi connectivity index (χ2n) is 3.64. The van der Waals surface area contributed by atoms with Crippen molar-refractivity contribution >= 4 is 23.2 Å². The maximum atomic E-state index is 12.7. The molecule has 0 bridgehead atoms. The summed E-state index contributed by atoms with van der Waals surface area (Å²) in [6.45, 7) is 1.11. The highest BCUT2D eigenvalue weighted by molar-refractivity contribution is 7.09. The van der Waals surface area contributed by atoms with E-state index in [1.54, 1.807) is 0 Å². The van der Waals surface area contributed by atoms with Gasteiger partial charge >= 0.3 is 24.0 Å². The van der Waals surface area contributed by atoms with Gasteiger partial charge in [0.1, 0.15) is 5.01 Å². The smallest absolute Gasteiger partial charge is 0.463 e. The molecule has 1 aromatic rings. The van der Waals surface area contributed by atoms with Crippen LogP contribution in [0.4, 0.5) is 22.0 Å². The summed E-state index contributed by atoms with van der Waals surface area (Å²) in [5, 5.41) is 11.0. The summed E-state index contributed by atoms with van der Waals surface area (Å²) in [7, 11) is 0. The molecule has 0 aliphatic heterocycles. The standard InChI is InChI=1S/C9H7F5N2O3S/c1-3(5-16-4(2-20-5)6(17)18)15-7(19)8(10,11)9(12,13)14/h2-3H,1H3,(H,15,19)(H,17,18). The number of aromatic nitrogens is 1. The van der Waals surface area contributed by atoms with Gasteiger partial charge in [-0.15, -0.1) is 11.3 Å². The lowest BCUT2D eigenvalue weighted by Gasteiger charge is -2.20. The van der Waals surface area contributed by atoms with E-state index < -0.39 is 35.7 Å². The molecule has 1 amide bonds. The molecule has 0 aliphatic rings. The van der Waals surface area contributed by atoms with E-state index in [2.05, 4.69) is 4.98 Å². The highest BCUT2D eigenvalue weighted by Gasteiger charge is 2.63. The molecular weight excluding hydrogens is 311 g/mol. The van der Waals surface area contributed by atoms with E-state index in [1.165, 1.54) is 5.32 Å². The minimum atomic E-state index is -6.01. The Balaban J connectivity index is 2.82. The average Bonchev–Trinajstić information content (AvgIpc) is 2.76. The maximum absolute atomic E-state index is 12.7. The fourth-order valence-corrected chi connectivity index (χ4v) is 1.86. The molecular formula is C9H7F5N2O3S. The number of carbonyl (C=O) groups excluding carboxylic acids is 1. The van der Waals surface area contributed by atoms with Crippen molar-refractivity contribution < 1.29 is 36.6 Å². The molecule has 0 radical (unpaired) electrons. The van der Waals surface area contributed by atoms with Crippen LogP contribution in [-0.2, 0) is 4.79 Å². The quantitative estimate of drug-likeness (QED) is 0.834. The number of carboxylic acid groups (broad SMARTS) is 1. The Labute approximate surface area is 112 Å². The van der Waals surface area contributed by atoms with Gasteiger partial charge in [-0.1, -0.05) is 0 Å². The number of rotatable bonds is 4. The van der Waals surface area contributed by atoms with Gasteiger partial charge in [-0.05, 0) is 6.92 Å². The van der Waals surface area contributed by atoms with Gasteiger partial charge in [0.05, 0.1) is 6.04 Å². The number of thiazole rings is 1. The maximum Gasteiger partial charge on any atom is 0.463 e. The number of nitrogens with one attached hydrogen (secondary N) is 1. The van der Waals surface area contributed by atoms with E-state index >= 15 is 0 Å². The number of carboxylic acids is 1. The van der Waals surface area contributed by atoms with Gasteiger partial charge in [0.25, 0.3) is 0 Å². The largest absolute Gasteiger partial charge is 0.476 e. The molecule has 1 heterocycles. The van der Waals surface area contributed by atoms with Gasteiger partial charge in [0.2, 0.25) is 0 Å². The molecule has 0 aliphatic carbocycles. The first-order chi connectivity index (χ1) is 8.96. The van der Waals surface area contributed by atoms with E-state index in [4.69, 9.17) is 5.11 Å². The number of halogens is 5. The highest BCUT2D eigenvalue weighted by atomic mass is 32.1. The van der Waals surface area contributed by atoms with Crippen LogP contribution in [0.3, 0.4) is 0 Å². The molecule has 11 heteroatoms. The first kappa shape index (κ1) is 16.3. The SMILES string of the molecule is CC(NC(=O)C(F)(F)C(F)(F)F)c1nc(C(=O)O)cs1. The third kappa shape index (κ3) is 3.21. The van der Waals surface area contributed by atoms with Gasteiger partial charge in [-0.2, -0.15) is 22.0 Å². The summed E-state index contributed by atoms with van der Waals surface area (Å²) in [6, 6.07) is -1.28. The number of nitrogens with zero attached hydrogens (tertiary/aromatic N) is 1. The van der Waals surface area contributed by atoms with E-state index in [0.29, 0.717) is 11.3 Å². The van der Waals surface area contributed by atoms with E-state index in [1.807, 2.05) is 0 Å². The lowest BCUT2D eigenvalue weighted by Crippen LogP contribution is -2.50. The number of alkyl halides is 5. The molecule has 0 saturated carbocycles. The highest BCUT2D eigenvalue weighted by Crippen LogP contribution is 2.36. The van der Waals surface area contributed by atoms with Crippen molar-refractivity contribution in [1.29, 1.82) is 0 Å². The van der Waals surface area contributed by atoms with Gasteiger partial charge in [-0.25, -0.2) is 9.78 Å². The minimum absolute atomic E-state index is 0.103. The Morgan fingerprint density at radius 2 is 1.90 bits per heavy atom.